The molecule has 0 aromatic heterocycles. The van der Waals surface area contributed by atoms with Crippen LogP contribution in [0.2, 0.25) is 0 Å². The molecule has 2 unspecified atom stereocenters. The van der Waals surface area contributed by atoms with Crippen molar-refractivity contribution in [1.29, 1.82) is 0 Å². The number of hydrogen-bond acceptors (Lipinski definition) is 2. The summed E-state index contributed by atoms with van der Waals surface area (Å²) >= 11 is 0. The van der Waals surface area contributed by atoms with Crippen molar-refractivity contribution in [2.24, 2.45) is 0 Å². The monoisotopic (exact) mass is 266 g/mol. The molecule has 0 fully saturated rings. The molecule has 19 heavy (non-hydrogen) atoms. The second-order valence-electron chi connectivity index (χ2n) is 5.76. The number of halogens is 1. The van der Waals surface area contributed by atoms with Crippen molar-refractivity contribution in [1.82, 2.24) is 0 Å². The maximum absolute atomic E-state index is 13.3. The number of fused-ring (bicyclic) bond motifs is 1. The fraction of sp³-hybridized carbons (Fsp3) is 0.625. The van der Waals surface area contributed by atoms with Gasteiger partial charge in [-0.15, -0.1) is 0 Å². The lowest BCUT2D eigenvalue weighted by Crippen LogP contribution is -2.38. The fourth-order valence-electron chi connectivity index (χ4n) is 2.78. The van der Waals surface area contributed by atoms with E-state index in [1.807, 2.05) is 6.92 Å². The van der Waals surface area contributed by atoms with E-state index >= 15 is 0 Å². The van der Waals surface area contributed by atoms with E-state index in [2.05, 4.69) is 6.92 Å². The molecule has 0 spiro atoms. The number of benzene rings is 1. The molecular formula is C16H23FO2. The highest BCUT2D eigenvalue weighted by atomic mass is 19.1. The zero-order valence-electron chi connectivity index (χ0n) is 11.8. The largest absolute Gasteiger partial charge is 0.487 e. The lowest BCUT2D eigenvalue weighted by Gasteiger charge is -2.38. The summed E-state index contributed by atoms with van der Waals surface area (Å²) in [4.78, 5) is 0. The second-order valence-corrected chi connectivity index (χ2v) is 5.76. The number of aliphatic hydroxyl groups excluding tert-OH is 1. The van der Waals surface area contributed by atoms with E-state index in [4.69, 9.17) is 4.74 Å². The zero-order valence-corrected chi connectivity index (χ0v) is 11.8. The van der Waals surface area contributed by atoms with Gasteiger partial charge in [0, 0.05) is 18.1 Å². The van der Waals surface area contributed by atoms with Crippen LogP contribution in [-0.4, -0.2) is 10.7 Å². The van der Waals surface area contributed by atoms with Crippen LogP contribution in [0.5, 0.6) is 5.75 Å². The van der Waals surface area contributed by atoms with Crippen LogP contribution < -0.4 is 4.74 Å². The first kappa shape index (κ1) is 14.3. The smallest absolute Gasteiger partial charge is 0.128 e. The Balaban J connectivity index is 2.05. The number of hydrogen-bond donors (Lipinski definition) is 1. The van der Waals surface area contributed by atoms with Gasteiger partial charge in [0.05, 0.1) is 6.10 Å². The van der Waals surface area contributed by atoms with E-state index in [1.54, 1.807) is 6.07 Å². The number of ether oxygens (including phenoxy) is 1. The minimum absolute atomic E-state index is 0.318. The molecule has 3 heteroatoms. The molecule has 0 saturated heterocycles. The fourth-order valence-corrected chi connectivity index (χ4v) is 2.78. The topological polar surface area (TPSA) is 29.5 Å². The van der Waals surface area contributed by atoms with Crippen LogP contribution in [-0.2, 0) is 0 Å². The summed E-state index contributed by atoms with van der Waals surface area (Å²) in [5.74, 6) is 0.179. The molecule has 2 nitrogen and oxygen atoms in total. The third-order valence-corrected chi connectivity index (χ3v) is 3.88. The van der Waals surface area contributed by atoms with E-state index in [9.17, 15) is 9.50 Å². The van der Waals surface area contributed by atoms with Crippen LogP contribution >= 0.6 is 0 Å². The van der Waals surface area contributed by atoms with Crippen molar-refractivity contribution < 1.29 is 14.2 Å². The van der Waals surface area contributed by atoms with Crippen molar-refractivity contribution in [3.8, 4) is 5.75 Å². The first-order valence-electron chi connectivity index (χ1n) is 7.20. The molecule has 0 radical (unpaired) electrons. The Labute approximate surface area is 114 Å². The summed E-state index contributed by atoms with van der Waals surface area (Å²) in [5, 5.41) is 10.2. The molecule has 0 bridgehead atoms. The summed E-state index contributed by atoms with van der Waals surface area (Å²) in [6, 6.07) is 4.36. The van der Waals surface area contributed by atoms with E-state index in [0.717, 1.165) is 12.8 Å². The molecule has 1 aliphatic rings. The molecule has 0 amide bonds. The van der Waals surface area contributed by atoms with Gasteiger partial charge in [-0.05, 0) is 31.9 Å². The molecule has 1 aliphatic heterocycles. The minimum Gasteiger partial charge on any atom is -0.487 e. The van der Waals surface area contributed by atoms with Gasteiger partial charge in [-0.3, -0.25) is 0 Å². The molecular weight excluding hydrogens is 243 g/mol. The van der Waals surface area contributed by atoms with Gasteiger partial charge in [-0.25, -0.2) is 4.39 Å². The van der Waals surface area contributed by atoms with Gasteiger partial charge in [-0.1, -0.05) is 26.2 Å². The molecule has 0 aliphatic carbocycles. The predicted molar refractivity (Wildman–Crippen MR) is 73.8 cm³/mol. The Bertz CT molecular complexity index is 433. The number of aliphatic hydroxyl groups is 1. The third kappa shape index (κ3) is 3.47. The van der Waals surface area contributed by atoms with Gasteiger partial charge < -0.3 is 9.84 Å². The first-order chi connectivity index (χ1) is 9.04. The minimum atomic E-state index is -0.555. The summed E-state index contributed by atoms with van der Waals surface area (Å²) in [5.41, 5.74) is 0.320. The van der Waals surface area contributed by atoms with Gasteiger partial charge in [0.15, 0.2) is 0 Å². The highest BCUT2D eigenvalue weighted by Gasteiger charge is 2.36. The molecule has 1 N–H and O–H groups in total. The highest BCUT2D eigenvalue weighted by molar-refractivity contribution is 5.38. The highest BCUT2D eigenvalue weighted by Crippen LogP contribution is 2.41. The maximum Gasteiger partial charge on any atom is 0.128 e. The van der Waals surface area contributed by atoms with E-state index in [1.165, 1.54) is 31.4 Å². The average Bonchev–Trinajstić information content (AvgIpc) is 2.34. The zero-order chi connectivity index (χ0) is 13.9. The standard InChI is InChI=1S/C16H23FO2/c1-3-4-5-6-9-16(2)11-14(18)13-8-7-12(17)10-15(13)19-16/h7-8,10,14,18H,3-6,9,11H2,1-2H3. The average molecular weight is 266 g/mol. The normalized spacial score (nSPS) is 25.8. The molecule has 106 valence electrons. The predicted octanol–water partition coefficient (Wildman–Crippen LogP) is 4.37. The van der Waals surface area contributed by atoms with Gasteiger partial charge in [0.25, 0.3) is 0 Å². The number of rotatable bonds is 5. The van der Waals surface area contributed by atoms with Crippen molar-refractivity contribution >= 4 is 0 Å². The molecule has 1 aromatic carbocycles. The van der Waals surface area contributed by atoms with Crippen molar-refractivity contribution in [2.45, 2.75) is 64.1 Å². The molecule has 2 rings (SSSR count). The van der Waals surface area contributed by atoms with Crippen LogP contribution in [0.15, 0.2) is 18.2 Å². The summed E-state index contributed by atoms with van der Waals surface area (Å²) < 4.78 is 19.2. The summed E-state index contributed by atoms with van der Waals surface area (Å²) in [7, 11) is 0. The summed E-state index contributed by atoms with van der Waals surface area (Å²) in [6.07, 6.45) is 5.62. The van der Waals surface area contributed by atoms with Gasteiger partial charge in [0.1, 0.15) is 17.2 Å². The van der Waals surface area contributed by atoms with Crippen LogP contribution in [0, 0.1) is 5.82 Å². The van der Waals surface area contributed by atoms with Crippen molar-refractivity contribution in [3.05, 3.63) is 29.6 Å². The molecule has 1 heterocycles. The van der Waals surface area contributed by atoms with Crippen LogP contribution in [0.25, 0.3) is 0 Å². The second kappa shape index (κ2) is 5.91. The lowest BCUT2D eigenvalue weighted by molar-refractivity contribution is -0.00876. The Morgan fingerprint density at radius 2 is 2.16 bits per heavy atom. The van der Waals surface area contributed by atoms with Gasteiger partial charge in [-0.2, -0.15) is 0 Å². The molecule has 2 atom stereocenters. The number of unbranched alkanes of at least 4 members (excludes halogenated alkanes) is 3. The maximum atomic E-state index is 13.3. The van der Waals surface area contributed by atoms with Crippen LogP contribution in [0.1, 0.15) is 64.0 Å². The SMILES string of the molecule is CCCCCCC1(C)CC(O)c2ccc(F)cc2O1. The van der Waals surface area contributed by atoms with E-state index in [-0.39, 0.29) is 11.4 Å². The lowest BCUT2D eigenvalue weighted by atomic mass is 9.86. The molecule has 1 aromatic rings. The van der Waals surface area contributed by atoms with Crippen LogP contribution in [0.3, 0.4) is 0 Å². The van der Waals surface area contributed by atoms with Crippen molar-refractivity contribution in [2.75, 3.05) is 0 Å². The Kier molecular flexibility index (Phi) is 4.46. The Morgan fingerprint density at radius 1 is 1.37 bits per heavy atom. The van der Waals surface area contributed by atoms with E-state index in [0.29, 0.717) is 17.7 Å². The Hall–Kier alpha value is -1.09. The Morgan fingerprint density at radius 3 is 2.89 bits per heavy atom. The van der Waals surface area contributed by atoms with Crippen molar-refractivity contribution in [3.63, 3.8) is 0 Å². The molecule has 0 saturated carbocycles. The van der Waals surface area contributed by atoms with E-state index < -0.39 is 6.10 Å². The van der Waals surface area contributed by atoms with Gasteiger partial charge >= 0.3 is 0 Å². The quantitative estimate of drug-likeness (QED) is 0.802. The summed E-state index contributed by atoms with van der Waals surface area (Å²) in [6.45, 7) is 4.19. The first-order valence-corrected chi connectivity index (χ1v) is 7.20. The third-order valence-electron chi connectivity index (χ3n) is 3.88. The van der Waals surface area contributed by atoms with Crippen LogP contribution in [0.4, 0.5) is 4.39 Å². The van der Waals surface area contributed by atoms with Gasteiger partial charge in [0.2, 0.25) is 0 Å².